The molecule has 1 aromatic rings. The van der Waals surface area contributed by atoms with Crippen LogP contribution in [0.4, 0.5) is 0 Å². The zero-order valence-electron chi connectivity index (χ0n) is 8.90. The van der Waals surface area contributed by atoms with Crippen molar-refractivity contribution < 1.29 is 0 Å². The van der Waals surface area contributed by atoms with Crippen LogP contribution in [0.2, 0.25) is 0 Å². The number of hydrogen-bond donors (Lipinski definition) is 0. The van der Waals surface area contributed by atoms with Gasteiger partial charge < -0.3 is 0 Å². The molecule has 0 N–H and O–H groups in total. The summed E-state index contributed by atoms with van der Waals surface area (Å²) in [6.07, 6.45) is 11.6. The molecule has 0 nitrogen and oxygen atoms in total. The van der Waals surface area contributed by atoms with Crippen molar-refractivity contribution in [2.75, 3.05) is 0 Å². The van der Waals surface area contributed by atoms with E-state index in [0.29, 0.717) is 5.92 Å². The number of allylic oxidation sites excluding steroid dienone is 4. The van der Waals surface area contributed by atoms with Crippen LogP contribution in [-0.2, 0) is 6.42 Å². The molecular formula is C15H14. The monoisotopic (exact) mass is 194 g/mol. The average molecular weight is 194 g/mol. The lowest BCUT2D eigenvalue weighted by molar-refractivity contribution is 0.644. The summed E-state index contributed by atoms with van der Waals surface area (Å²) in [6, 6.07) is 12.1. The molecule has 0 saturated carbocycles. The van der Waals surface area contributed by atoms with Crippen molar-refractivity contribution in [1.82, 2.24) is 0 Å². The molecule has 1 aromatic carbocycles. The molecule has 4 radical (unpaired) electrons. The minimum Gasteiger partial charge on any atom is -0.0798 e. The van der Waals surface area contributed by atoms with Crippen molar-refractivity contribution in [2.24, 2.45) is 5.92 Å². The van der Waals surface area contributed by atoms with Crippen molar-refractivity contribution in [3.63, 3.8) is 0 Å². The normalized spacial score (nSPS) is 17.9. The Morgan fingerprint density at radius 1 is 1.20 bits per heavy atom. The molecule has 15 heavy (non-hydrogen) atoms. The first kappa shape index (κ1) is 10.2. The highest BCUT2D eigenvalue weighted by Gasteiger charge is 2.13. The van der Waals surface area contributed by atoms with Crippen molar-refractivity contribution in [2.45, 2.75) is 13.3 Å². The average Bonchev–Trinajstić information content (AvgIpc) is 2.31. The van der Waals surface area contributed by atoms with E-state index in [0.717, 1.165) is 6.42 Å². The maximum atomic E-state index is 3.24. The highest BCUT2D eigenvalue weighted by molar-refractivity contribution is 5.35. The van der Waals surface area contributed by atoms with E-state index in [4.69, 9.17) is 0 Å². The van der Waals surface area contributed by atoms with E-state index in [1.165, 1.54) is 11.5 Å². The van der Waals surface area contributed by atoms with Gasteiger partial charge in [-0.3, -0.25) is 0 Å². The summed E-state index contributed by atoms with van der Waals surface area (Å²) in [6.45, 7) is 2.25. The minimum atomic E-state index is 0.540. The van der Waals surface area contributed by atoms with Crippen LogP contribution in [0.5, 0.6) is 0 Å². The van der Waals surface area contributed by atoms with E-state index in [1.807, 2.05) is 18.2 Å². The zero-order chi connectivity index (χ0) is 10.5. The van der Waals surface area contributed by atoms with Crippen LogP contribution in [0.3, 0.4) is 0 Å². The molecular weight excluding hydrogens is 180 g/mol. The third-order valence-corrected chi connectivity index (χ3v) is 2.60. The lowest BCUT2D eigenvalue weighted by atomic mass is 9.86. The fourth-order valence-electron chi connectivity index (χ4n) is 1.73. The van der Waals surface area contributed by atoms with Gasteiger partial charge in [0.05, 0.1) is 0 Å². The van der Waals surface area contributed by atoms with Crippen LogP contribution < -0.4 is 0 Å². The fourth-order valence-corrected chi connectivity index (χ4v) is 1.73. The van der Waals surface area contributed by atoms with Crippen molar-refractivity contribution in [3.8, 4) is 0 Å². The molecule has 1 atom stereocenters. The third-order valence-electron chi connectivity index (χ3n) is 2.60. The second kappa shape index (κ2) is 4.97. The minimum absolute atomic E-state index is 0.540. The molecule has 0 saturated heterocycles. The van der Waals surface area contributed by atoms with Crippen molar-refractivity contribution in [3.05, 3.63) is 72.5 Å². The van der Waals surface area contributed by atoms with E-state index in [9.17, 15) is 0 Å². The molecule has 74 valence electrons. The zero-order valence-corrected chi connectivity index (χ0v) is 8.90. The van der Waals surface area contributed by atoms with E-state index < -0.39 is 0 Å². The SMILES string of the molecule is CC(Cc1[c]cc[c]c1)[C]1C=C[CH]C=C1. The van der Waals surface area contributed by atoms with Gasteiger partial charge in [-0.15, -0.1) is 0 Å². The maximum absolute atomic E-state index is 3.24. The molecule has 1 aliphatic carbocycles. The Morgan fingerprint density at radius 2 is 2.00 bits per heavy atom. The first-order chi connectivity index (χ1) is 7.36. The van der Waals surface area contributed by atoms with Gasteiger partial charge in [0.15, 0.2) is 0 Å². The van der Waals surface area contributed by atoms with Gasteiger partial charge in [0, 0.05) is 12.3 Å². The van der Waals surface area contributed by atoms with Gasteiger partial charge in [-0.2, -0.15) is 0 Å². The van der Waals surface area contributed by atoms with Gasteiger partial charge in [-0.25, -0.2) is 0 Å². The Labute approximate surface area is 92.3 Å². The Balaban J connectivity index is 1.97. The van der Waals surface area contributed by atoms with Gasteiger partial charge in [0.2, 0.25) is 0 Å². The number of hydrogen-bond acceptors (Lipinski definition) is 0. The van der Waals surface area contributed by atoms with E-state index in [2.05, 4.69) is 49.8 Å². The van der Waals surface area contributed by atoms with Gasteiger partial charge in [0.25, 0.3) is 0 Å². The summed E-state index contributed by atoms with van der Waals surface area (Å²) in [5.74, 6) is 1.92. The quantitative estimate of drug-likeness (QED) is 0.692. The van der Waals surface area contributed by atoms with Crippen LogP contribution in [-0.4, -0.2) is 0 Å². The summed E-state index contributed by atoms with van der Waals surface area (Å²) < 4.78 is 0. The van der Waals surface area contributed by atoms with Crippen molar-refractivity contribution in [1.29, 1.82) is 0 Å². The molecule has 0 amide bonds. The van der Waals surface area contributed by atoms with Gasteiger partial charge >= 0.3 is 0 Å². The predicted molar refractivity (Wildman–Crippen MR) is 62.8 cm³/mol. The number of rotatable bonds is 3. The smallest absolute Gasteiger partial charge is 0.0219 e. The lowest BCUT2D eigenvalue weighted by Crippen LogP contribution is -2.09. The first-order valence-corrected chi connectivity index (χ1v) is 5.28. The van der Waals surface area contributed by atoms with Crippen molar-refractivity contribution >= 4 is 0 Å². The van der Waals surface area contributed by atoms with Gasteiger partial charge in [-0.05, 0) is 30.0 Å². The molecule has 1 unspecified atom stereocenters. The summed E-state index contributed by atoms with van der Waals surface area (Å²) in [7, 11) is 0. The first-order valence-electron chi connectivity index (χ1n) is 5.28. The Hall–Kier alpha value is -1.30. The van der Waals surface area contributed by atoms with Crippen LogP contribution in [0, 0.1) is 30.4 Å². The molecule has 0 aromatic heterocycles. The highest BCUT2D eigenvalue weighted by Crippen LogP contribution is 2.24. The molecule has 0 spiro atoms. The van der Waals surface area contributed by atoms with Gasteiger partial charge in [-0.1, -0.05) is 49.4 Å². The molecule has 0 fully saturated rings. The Morgan fingerprint density at radius 3 is 2.67 bits per heavy atom. The largest absolute Gasteiger partial charge is 0.0798 e. The Kier molecular flexibility index (Phi) is 3.39. The molecule has 0 bridgehead atoms. The molecule has 1 aliphatic rings. The number of benzene rings is 1. The summed E-state index contributed by atoms with van der Waals surface area (Å²) >= 11 is 0. The predicted octanol–water partition coefficient (Wildman–Crippen LogP) is 3.37. The second-order valence-electron chi connectivity index (χ2n) is 3.83. The fraction of sp³-hybridized carbons (Fsp3) is 0.200. The molecule has 0 heteroatoms. The molecule has 2 rings (SSSR count). The van der Waals surface area contributed by atoms with Crippen LogP contribution in [0.15, 0.2) is 42.5 Å². The van der Waals surface area contributed by atoms with Crippen LogP contribution in [0.25, 0.3) is 0 Å². The summed E-state index contributed by atoms with van der Waals surface area (Å²) in [5, 5.41) is 0. The van der Waals surface area contributed by atoms with Crippen LogP contribution in [0.1, 0.15) is 12.5 Å². The second-order valence-corrected chi connectivity index (χ2v) is 3.83. The Bertz CT molecular complexity index is 334. The maximum Gasteiger partial charge on any atom is 0.0219 e. The lowest BCUT2D eigenvalue weighted by Gasteiger charge is -2.18. The molecule has 0 aliphatic heterocycles. The summed E-state index contributed by atoms with van der Waals surface area (Å²) in [5.41, 5.74) is 1.23. The van der Waals surface area contributed by atoms with E-state index >= 15 is 0 Å². The van der Waals surface area contributed by atoms with Gasteiger partial charge in [0.1, 0.15) is 0 Å². The van der Waals surface area contributed by atoms with Crippen LogP contribution >= 0.6 is 0 Å². The standard InChI is InChI=1S/C15H14/c1-13(15-10-6-3-7-11-15)12-14-8-4-2-5-9-14/h2-4,6-7,9-11,13H,12H2,1H3. The highest BCUT2D eigenvalue weighted by atomic mass is 14.2. The summed E-state index contributed by atoms with van der Waals surface area (Å²) in [4.78, 5) is 0. The molecule has 0 heterocycles. The van der Waals surface area contributed by atoms with E-state index in [-0.39, 0.29) is 0 Å². The van der Waals surface area contributed by atoms with E-state index in [1.54, 1.807) is 0 Å². The topological polar surface area (TPSA) is 0 Å². The third kappa shape index (κ3) is 2.82.